The van der Waals surface area contributed by atoms with Crippen molar-refractivity contribution in [2.24, 2.45) is 12.0 Å². The van der Waals surface area contributed by atoms with E-state index in [9.17, 15) is 4.39 Å². The van der Waals surface area contributed by atoms with Crippen LogP contribution in [0.25, 0.3) is 0 Å². The van der Waals surface area contributed by atoms with Crippen molar-refractivity contribution < 1.29 is 9.13 Å². The minimum absolute atomic E-state index is 0. The molecule has 0 radical (unpaired) electrons. The lowest BCUT2D eigenvalue weighted by Gasteiger charge is -2.34. The number of nitrogens with zero attached hydrogens (tertiary/aromatic N) is 4. The first-order valence-corrected chi connectivity index (χ1v) is 10.2. The third-order valence-corrected chi connectivity index (χ3v) is 4.97. The molecule has 0 amide bonds. The molecule has 3 rings (SSSR count). The van der Waals surface area contributed by atoms with Gasteiger partial charge in [-0.1, -0.05) is 12.1 Å². The van der Waals surface area contributed by atoms with Gasteiger partial charge in [0.1, 0.15) is 5.82 Å². The molecule has 166 valence electrons. The molecule has 7 nitrogen and oxygen atoms in total. The van der Waals surface area contributed by atoms with Crippen LogP contribution >= 0.6 is 24.0 Å². The van der Waals surface area contributed by atoms with Crippen LogP contribution in [0.4, 0.5) is 4.39 Å². The molecular formula is C21H32FIN6O. The Morgan fingerprint density at radius 3 is 2.60 bits per heavy atom. The molecule has 30 heavy (non-hydrogen) atoms. The summed E-state index contributed by atoms with van der Waals surface area (Å²) in [5.74, 6) is 0.570. The SMILES string of the molecule is CCNC(=NCC(c1ccc(F)cc1)N1CCOCC1)NCCc1cnn(C)c1.I. The Kier molecular flexibility index (Phi) is 10.5. The molecule has 2 heterocycles. The van der Waals surface area contributed by atoms with E-state index in [0.29, 0.717) is 19.8 Å². The Bertz CT molecular complexity index is 776. The van der Waals surface area contributed by atoms with E-state index in [1.807, 2.05) is 36.3 Å². The number of hydrogen-bond donors (Lipinski definition) is 2. The van der Waals surface area contributed by atoms with Crippen molar-refractivity contribution >= 4 is 29.9 Å². The van der Waals surface area contributed by atoms with E-state index in [0.717, 1.165) is 44.1 Å². The van der Waals surface area contributed by atoms with Gasteiger partial charge in [0.2, 0.25) is 0 Å². The number of benzene rings is 1. The highest BCUT2D eigenvalue weighted by molar-refractivity contribution is 14.0. The fourth-order valence-corrected chi connectivity index (χ4v) is 3.45. The summed E-state index contributed by atoms with van der Waals surface area (Å²) in [7, 11) is 1.92. The lowest BCUT2D eigenvalue weighted by atomic mass is 10.0. The van der Waals surface area contributed by atoms with Gasteiger partial charge >= 0.3 is 0 Å². The molecule has 2 aromatic rings. The van der Waals surface area contributed by atoms with Gasteiger partial charge in [-0.2, -0.15) is 5.10 Å². The summed E-state index contributed by atoms with van der Waals surface area (Å²) in [6, 6.07) is 6.84. The Labute approximate surface area is 195 Å². The fraction of sp³-hybridized carbons (Fsp3) is 0.524. The molecule has 9 heteroatoms. The van der Waals surface area contributed by atoms with Crippen LogP contribution in [0.15, 0.2) is 41.7 Å². The van der Waals surface area contributed by atoms with Crippen LogP contribution in [0.5, 0.6) is 0 Å². The molecule has 0 spiro atoms. The first-order valence-electron chi connectivity index (χ1n) is 10.2. The summed E-state index contributed by atoms with van der Waals surface area (Å²) in [5.41, 5.74) is 2.26. The maximum absolute atomic E-state index is 13.4. The average Bonchev–Trinajstić information content (AvgIpc) is 3.15. The standard InChI is InChI=1S/C21H31FN6O.HI/c1-3-23-21(24-9-8-17-14-26-27(2)16-17)25-15-20(28-10-12-29-13-11-28)18-4-6-19(22)7-5-18;/h4-7,14,16,20H,3,8-13,15H2,1-2H3,(H2,23,24,25);1H. The lowest BCUT2D eigenvalue weighted by Crippen LogP contribution is -2.42. The van der Waals surface area contributed by atoms with Crippen molar-refractivity contribution in [1.82, 2.24) is 25.3 Å². The van der Waals surface area contributed by atoms with Crippen LogP contribution in [0.3, 0.4) is 0 Å². The van der Waals surface area contributed by atoms with Crippen LogP contribution in [-0.2, 0) is 18.2 Å². The molecule has 1 fully saturated rings. The van der Waals surface area contributed by atoms with Crippen LogP contribution in [0.1, 0.15) is 24.1 Å². The summed E-state index contributed by atoms with van der Waals surface area (Å²) >= 11 is 0. The Morgan fingerprint density at radius 2 is 1.97 bits per heavy atom. The van der Waals surface area contributed by atoms with E-state index in [2.05, 4.69) is 27.6 Å². The summed E-state index contributed by atoms with van der Waals surface area (Å²) < 4.78 is 20.7. The lowest BCUT2D eigenvalue weighted by molar-refractivity contribution is 0.0179. The summed E-state index contributed by atoms with van der Waals surface area (Å²) in [5, 5.41) is 10.9. The maximum Gasteiger partial charge on any atom is 0.191 e. The van der Waals surface area contributed by atoms with Crippen LogP contribution in [0, 0.1) is 5.82 Å². The van der Waals surface area contributed by atoms with Gasteiger partial charge in [0, 0.05) is 39.4 Å². The first kappa shape index (κ1) is 24.5. The second kappa shape index (κ2) is 12.9. The number of aryl methyl sites for hydroxylation is 1. The predicted octanol–water partition coefficient (Wildman–Crippen LogP) is 2.35. The zero-order valence-corrected chi connectivity index (χ0v) is 20.0. The number of nitrogens with one attached hydrogen (secondary N) is 2. The molecule has 1 atom stereocenters. The second-order valence-corrected chi connectivity index (χ2v) is 7.13. The topological polar surface area (TPSA) is 66.7 Å². The fourth-order valence-electron chi connectivity index (χ4n) is 3.45. The van der Waals surface area contributed by atoms with Gasteiger partial charge in [-0.25, -0.2) is 4.39 Å². The molecule has 0 saturated carbocycles. The van der Waals surface area contributed by atoms with Crippen molar-refractivity contribution in [3.05, 3.63) is 53.6 Å². The van der Waals surface area contributed by atoms with E-state index >= 15 is 0 Å². The zero-order chi connectivity index (χ0) is 20.5. The monoisotopic (exact) mass is 530 g/mol. The number of aromatic nitrogens is 2. The van der Waals surface area contributed by atoms with Crippen molar-refractivity contribution in [2.75, 3.05) is 45.9 Å². The summed E-state index contributed by atoms with van der Waals surface area (Å²) in [4.78, 5) is 7.18. The zero-order valence-electron chi connectivity index (χ0n) is 17.7. The quantitative estimate of drug-likeness (QED) is 0.312. The average molecular weight is 530 g/mol. The Morgan fingerprint density at radius 1 is 1.23 bits per heavy atom. The number of rotatable bonds is 8. The highest BCUT2D eigenvalue weighted by Crippen LogP contribution is 2.22. The minimum atomic E-state index is -0.219. The van der Waals surface area contributed by atoms with Gasteiger partial charge in [-0.15, -0.1) is 24.0 Å². The van der Waals surface area contributed by atoms with Crippen LogP contribution in [-0.4, -0.2) is 66.6 Å². The van der Waals surface area contributed by atoms with Gasteiger partial charge in [-0.05, 0) is 36.6 Å². The van der Waals surface area contributed by atoms with Crippen molar-refractivity contribution in [1.29, 1.82) is 0 Å². The van der Waals surface area contributed by atoms with E-state index in [4.69, 9.17) is 9.73 Å². The smallest absolute Gasteiger partial charge is 0.191 e. The van der Waals surface area contributed by atoms with Crippen LogP contribution < -0.4 is 10.6 Å². The number of ether oxygens (including phenoxy) is 1. The molecule has 2 N–H and O–H groups in total. The Balaban J connectivity index is 0.00000320. The second-order valence-electron chi connectivity index (χ2n) is 7.13. The van der Waals surface area contributed by atoms with Gasteiger partial charge < -0.3 is 15.4 Å². The molecule has 1 aliphatic heterocycles. The largest absolute Gasteiger partial charge is 0.379 e. The predicted molar refractivity (Wildman–Crippen MR) is 128 cm³/mol. The number of aliphatic imine (C=N–C) groups is 1. The summed E-state index contributed by atoms with van der Waals surface area (Å²) in [6.07, 6.45) is 4.78. The van der Waals surface area contributed by atoms with Gasteiger partial charge in [-0.3, -0.25) is 14.6 Å². The molecule has 0 aliphatic carbocycles. The highest BCUT2D eigenvalue weighted by Gasteiger charge is 2.22. The number of morpholine rings is 1. The van der Waals surface area contributed by atoms with E-state index in [1.54, 1.807) is 0 Å². The van der Waals surface area contributed by atoms with Crippen molar-refractivity contribution in [3.8, 4) is 0 Å². The van der Waals surface area contributed by atoms with Crippen molar-refractivity contribution in [2.45, 2.75) is 19.4 Å². The van der Waals surface area contributed by atoms with E-state index in [1.165, 1.54) is 17.7 Å². The van der Waals surface area contributed by atoms with Gasteiger partial charge in [0.15, 0.2) is 5.96 Å². The minimum Gasteiger partial charge on any atom is -0.379 e. The third kappa shape index (κ3) is 7.51. The molecular weight excluding hydrogens is 498 g/mol. The Hall–Kier alpha value is -1.72. The number of halogens is 2. The number of hydrogen-bond acceptors (Lipinski definition) is 4. The van der Waals surface area contributed by atoms with Crippen molar-refractivity contribution in [3.63, 3.8) is 0 Å². The normalized spacial score (nSPS) is 16.0. The molecule has 1 aromatic carbocycles. The van der Waals surface area contributed by atoms with E-state index in [-0.39, 0.29) is 35.8 Å². The van der Waals surface area contributed by atoms with Gasteiger partial charge in [0.05, 0.1) is 32.0 Å². The molecule has 1 aromatic heterocycles. The van der Waals surface area contributed by atoms with E-state index < -0.39 is 0 Å². The molecule has 1 saturated heterocycles. The third-order valence-electron chi connectivity index (χ3n) is 4.97. The summed E-state index contributed by atoms with van der Waals surface area (Å²) in [6.45, 7) is 7.33. The highest BCUT2D eigenvalue weighted by atomic mass is 127. The van der Waals surface area contributed by atoms with Gasteiger partial charge in [0.25, 0.3) is 0 Å². The molecule has 0 bridgehead atoms. The molecule has 1 unspecified atom stereocenters. The first-order chi connectivity index (χ1) is 14.2. The molecule has 1 aliphatic rings. The van der Waals surface area contributed by atoms with Crippen LogP contribution in [0.2, 0.25) is 0 Å². The maximum atomic E-state index is 13.4. The number of guanidine groups is 1.